The number of carbonyl (C=O) groups excluding carboxylic acids is 2. The number of hydrogen-bond donors (Lipinski definition) is 1. The van der Waals surface area contributed by atoms with E-state index in [2.05, 4.69) is 4.98 Å². The highest BCUT2D eigenvalue weighted by atomic mass is 35.5. The molecule has 0 saturated carbocycles. The minimum atomic E-state index is -0.382. The second-order valence-electron chi connectivity index (χ2n) is 5.91. The molecule has 2 aromatic rings. The average molecular weight is 375 g/mol. The van der Waals surface area contributed by atoms with Gasteiger partial charge in [-0.1, -0.05) is 41.9 Å². The maximum Gasteiger partial charge on any atom is 0.410 e. The van der Waals surface area contributed by atoms with Crippen molar-refractivity contribution in [3.05, 3.63) is 58.9 Å². The van der Waals surface area contributed by atoms with Crippen molar-refractivity contribution in [1.29, 1.82) is 0 Å². The monoisotopic (exact) mass is 374 g/mol. The Hall–Kier alpha value is -2.80. The zero-order valence-corrected chi connectivity index (χ0v) is 14.9. The third-order valence-corrected chi connectivity index (χ3v) is 4.37. The first-order chi connectivity index (χ1) is 12.5. The van der Waals surface area contributed by atoms with Gasteiger partial charge < -0.3 is 20.3 Å². The minimum absolute atomic E-state index is 0.214. The fourth-order valence-electron chi connectivity index (χ4n) is 2.70. The van der Waals surface area contributed by atoms with E-state index in [9.17, 15) is 9.59 Å². The summed E-state index contributed by atoms with van der Waals surface area (Å²) in [4.78, 5) is 31.8. The summed E-state index contributed by atoms with van der Waals surface area (Å²) >= 11 is 5.84. The van der Waals surface area contributed by atoms with Gasteiger partial charge in [0.1, 0.15) is 11.8 Å². The first kappa shape index (κ1) is 18.0. The van der Waals surface area contributed by atoms with Gasteiger partial charge in [0, 0.05) is 26.2 Å². The molecule has 1 saturated heterocycles. The van der Waals surface area contributed by atoms with E-state index in [0.717, 1.165) is 5.56 Å². The van der Waals surface area contributed by atoms with Crippen LogP contribution in [0.15, 0.2) is 42.6 Å². The van der Waals surface area contributed by atoms with E-state index in [1.54, 1.807) is 9.80 Å². The number of piperazine rings is 1. The molecule has 1 aliphatic heterocycles. The second-order valence-corrected chi connectivity index (χ2v) is 6.30. The molecule has 2 heterocycles. The van der Waals surface area contributed by atoms with E-state index in [-0.39, 0.29) is 29.4 Å². The molecule has 3 rings (SSSR count). The van der Waals surface area contributed by atoms with Gasteiger partial charge in [-0.05, 0) is 11.6 Å². The van der Waals surface area contributed by atoms with Gasteiger partial charge in [-0.15, -0.1) is 0 Å². The highest BCUT2D eigenvalue weighted by Crippen LogP contribution is 2.18. The normalized spacial score (nSPS) is 14.2. The Morgan fingerprint density at radius 1 is 1.12 bits per heavy atom. The predicted molar refractivity (Wildman–Crippen MR) is 97.8 cm³/mol. The first-order valence-corrected chi connectivity index (χ1v) is 8.58. The molecular formula is C18H19ClN4O3. The molecule has 1 aromatic heterocycles. The number of nitrogens with zero attached hydrogens (tertiary/aromatic N) is 3. The Labute approximate surface area is 156 Å². The molecule has 1 aliphatic rings. The topological polar surface area (TPSA) is 88.8 Å². The molecule has 0 unspecified atom stereocenters. The summed E-state index contributed by atoms with van der Waals surface area (Å²) in [5, 5.41) is 0.214. The number of hydrogen-bond acceptors (Lipinski definition) is 5. The van der Waals surface area contributed by atoms with E-state index in [0.29, 0.717) is 31.7 Å². The van der Waals surface area contributed by atoms with Crippen LogP contribution in [0.4, 0.5) is 10.5 Å². The number of anilines is 1. The summed E-state index contributed by atoms with van der Waals surface area (Å²) in [6, 6.07) is 10.9. The largest absolute Gasteiger partial charge is 0.445 e. The van der Waals surface area contributed by atoms with Gasteiger partial charge >= 0.3 is 6.09 Å². The Balaban J connectivity index is 1.53. The number of nitrogen functional groups attached to an aromatic ring is 1. The van der Waals surface area contributed by atoms with E-state index in [1.165, 1.54) is 12.3 Å². The zero-order valence-electron chi connectivity index (χ0n) is 14.1. The van der Waals surface area contributed by atoms with Gasteiger partial charge in [0.05, 0.1) is 17.4 Å². The number of carbonyl (C=O) groups is 2. The number of aromatic nitrogens is 1. The summed E-state index contributed by atoms with van der Waals surface area (Å²) in [6.07, 6.45) is 0.986. The molecule has 26 heavy (non-hydrogen) atoms. The lowest BCUT2D eigenvalue weighted by molar-refractivity contribution is 0.0544. The van der Waals surface area contributed by atoms with Crippen molar-refractivity contribution < 1.29 is 14.3 Å². The van der Waals surface area contributed by atoms with Gasteiger partial charge in [0.2, 0.25) is 0 Å². The second kappa shape index (κ2) is 8.05. The molecule has 0 spiro atoms. The smallest absolute Gasteiger partial charge is 0.410 e. The molecule has 7 nitrogen and oxygen atoms in total. The maximum atomic E-state index is 12.6. The van der Waals surface area contributed by atoms with Crippen molar-refractivity contribution in [2.75, 3.05) is 31.9 Å². The number of amides is 2. The zero-order chi connectivity index (χ0) is 18.5. The minimum Gasteiger partial charge on any atom is -0.445 e. The van der Waals surface area contributed by atoms with Crippen molar-refractivity contribution in [3.63, 3.8) is 0 Å². The standard InChI is InChI=1S/C18H19ClN4O3/c19-16-10-14(15(20)11-21-16)17(24)22-6-8-23(9-7-22)18(25)26-12-13-4-2-1-3-5-13/h1-5,10-11H,6-9,12,20H2. The number of rotatable bonds is 3. The van der Waals surface area contributed by atoms with Gasteiger partial charge in [-0.25, -0.2) is 9.78 Å². The van der Waals surface area contributed by atoms with Crippen LogP contribution in [0.1, 0.15) is 15.9 Å². The van der Waals surface area contributed by atoms with Crippen molar-refractivity contribution in [3.8, 4) is 0 Å². The molecule has 2 amide bonds. The third-order valence-electron chi connectivity index (χ3n) is 4.16. The van der Waals surface area contributed by atoms with Crippen LogP contribution in [0.5, 0.6) is 0 Å². The lowest BCUT2D eigenvalue weighted by Gasteiger charge is -2.34. The van der Waals surface area contributed by atoms with Crippen molar-refractivity contribution in [2.45, 2.75) is 6.61 Å². The van der Waals surface area contributed by atoms with Crippen LogP contribution in [-0.2, 0) is 11.3 Å². The van der Waals surface area contributed by atoms with Crippen LogP contribution in [0.25, 0.3) is 0 Å². The predicted octanol–water partition coefficient (Wildman–Crippen LogP) is 2.41. The summed E-state index contributed by atoms with van der Waals surface area (Å²) in [5.74, 6) is -0.218. The molecule has 0 atom stereocenters. The molecule has 2 N–H and O–H groups in total. The highest BCUT2D eigenvalue weighted by molar-refractivity contribution is 6.29. The lowest BCUT2D eigenvalue weighted by atomic mass is 10.2. The highest BCUT2D eigenvalue weighted by Gasteiger charge is 2.26. The van der Waals surface area contributed by atoms with Crippen LogP contribution in [-0.4, -0.2) is 53.0 Å². The maximum absolute atomic E-state index is 12.6. The summed E-state index contributed by atoms with van der Waals surface area (Å²) in [6.45, 7) is 1.83. The van der Waals surface area contributed by atoms with Crippen LogP contribution in [0.2, 0.25) is 5.15 Å². The van der Waals surface area contributed by atoms with Gasteiger partial charge in [0.25, 0.3) is 5.91 Å². The Kier molecular flexibility index (Phi) is 5.58. The number of ether oxygens (including phenoxy) is 1. The third kappa shape index (κ3) is 4.23. The quantitative estimate of drug-likeness (QED) is 0.833. The number of benzene rings is 1. The molecule has 8 heteroatoms. The van der Waals surface area contributed by atoms with Gasteiger partial charge in [-0.2, -0.15) is 0 Å². The molecule has 136 valence electrons. The van der Waals surface area contributed by atoms with Crippen molar-refractivity contribution in [1.82, 2.24) is 14.8 Å². The number of nitrogens with two attached hydrogens (primary N) is 1. The van der Waals surface area contributed by atoms with Crippen molar-refractivity contribution >= 4 is 29.3 Å². The van der Waals surface area contributed by atoms with E-state index >= 15 is 0 Å². The van der Waals surface area contributed by atoms with E-state index < -0.39 is 0 Å². The first-order valence-electron chi connectivity index (χ1n) is 8.20. The van der Waals surface area contributed by atoms with Crippen LogP contribution < -0.4 is 5.73 Å². The summed E-state index contributed by atoms with van der Waals surface area (Å²) < 4.78 is 5.32. The number of pyridine rings is 1. The lowest BCUT2D eigenvalue weighted by Crippen LogP contribution is -2.50. The molecule has 0 bridgehead atoms. The van der Waals surface area contributed by atoms with E-state index in [1.807, 2.05) is 30.3 Å². The molecule has 1 fully saturated rings. The summed E-state index contributed by atoms with van der Waals surface area (Å²) in [5.41, 5.74) is 7.35. The number of halogens is 1. The fraction of sp³-hybridized carbons (Fsp3) is 0.278. The molecular weight excluding hydrogens is 356 g/mol. The van der Waals surface area contributed by atoms with E-state index in [4.69, 9.17) is 22.1 Å². The van der Waals surface area contributed by atoms with Gasteiger partial charge in [0.15, 0.2) is 0 Å². The van der Waals surface area contributed by atoms with Crippen LogP contribution >= 0.6 is 11.6 Å². The molecule has 1 aromatic carbocycles. The molecule has 0 radical (unpaired) electrons. The van der Waals surface area contributed by atoms with Crippen LogP contribution in [0, 0.1) is 0 Å². The van der Waals surface area contributed by atoms with Gasteiger partial charge in [-0.3, -0.25) is 4.79 Å². The Morgan fingerprint density at radius 2 is 1.77 bits per heavy atom. The average Bonchev–Trinajstić information content (AvgIpc) is 2.68. The Morgan fingerprint density at radius 3 is 2.46 bits per heavy atom. The van der Waals surface area contributed by atoms with Crippen molar-refractivity contribution in [2.24, 2.45) is 0 Å². The summed E-state index contributed by atoms with van der Waals surface area (Å²) in [7, 11) is 0. The van der Waals surface area contributed by atoms with Crippen LogP contribution in [0.3, 0.4) is 0 Å². The SMILES string of the molecule is Nc1cnc(Cl)cc1C(=O)N1CCN(C(=O)OCc2ccccc2)CC1. The Bertz CT molecular complexity index is 792. The molecule has 0 aliphatic carbocycles. The fourth-order valence-corrected chi connectivity index (χ4v) is 2.86.